The minimum Gasteiger partial charge on any atom is -0.364 e. The van der Waals surface area contributed by atoms with E-state index >= 15 is 0 Å². The summed E-state index contributed by atoms with van der Waals surface area (Å²) in [6, 6.07) is 13.6. The number of anilines is 2. The fourth-order valence-electron chi connectivity index (χ4n) is 3.34. The van der Waals surface area contributed by atoms with Crippen LogP contribution >= 0.6 is 11.6 Å². The topological polar surface area (TPSA) is 115 Å². The Labute approximate surface area is 199 Å². The van der Waals surface area contributed by atoms with Crippen LogP contribution in [0, 0.1) is 5.82 Å². The lowest BCUT2D eigenvalue weighted by Crippen LogP contribution is -2.19. The molecule has 4 aromatic rings. The third-order valence-electron chi connectivity index (χ3n) is 4.99. The molecule has 0 fully saturated rings. The van der Waals surface area contributed by atoms with Crippen LogP contribution in [0.2, 0.25) is 5.02 Å². The minimum absolute atomic E-state index is 0.0734. The van der Waals surface area contributed by atoms with E-state index in [0.717, 1.165) is 0 Å². The van der Waals surface area contributed by atoms with Gasteiger partial charge in [-0.1, -0.05) is 11.6 Å². The summed E-state index contributed by atoms with van der Waals surface area (Å²) < 4.78 is 16.6. The Bertz CT molecular complexity index is 1370. The van der Waals surface area contributed by atoms with E-state index in [2.05, 4.69) is 20.7 Å². The van der Waals surface area contributed by atoms with Crippen molar-refractivity contribution >= 4 is 34.9 Å². The van der Waals surface area contributed by atoms with E-state index in [1.165, 1.54) is 30.5 Å². The number of hydrogen-bond acceptors (Lipinski definition) is 4. The summed E-state index contributed by atoms with van der Waals surface area (Å²) in [5.41, 5.74) is 8.10. The summed E-state index contributed by atoms with van der Waals surface area (Å²) >= 11 is 5.86. The van der Waals surface area contributed by atoms with Crippen molar-refractivity contribution in [1.29, 1.82) is 0 Å². The number of pyridine rings is 1. The number of primary amides is 1. The second-order valence-electron chi connectivity index (χ2n) is 7.32. The number of nitrogens with two attached hydrogens (primary N) is 1. The fraction of sp³-hybridized carbons (Fsp3) is 0.0833. The zero-order chi connectivity index (χ0) is 24.2. The average Bonchev–Trinajstić information content (AvgIpc) is 3.26. The summed E-state index contributed by atoms with van der Waals surface area (Å²) in [5, 5.41) is 10.5. The van der Waals surface area contributed by atoms with Crippen molar-refractivity contribution in [2.24, 2.45) is 5.73 Å². The molecule has 0 saturated heterocycles. The summed E-state index contributed by atoms with van der Waals surface area (Å²) in [7, 11) is 0. The normalized spacial score (nSPS) is 10.7. The molecule has 10 heteroatoms. The van der Waals surface area contributed by atoms with Crippen molar-refractivity contribution in [2.75, 3.05) is 10.6 Å². The largest absolute Gasteiger partial charge is 0.364 e. The number of hydrogen-bond donors (Lipinski definition) is 3. The maximum Gasteiger partial charge on any atom is 0.323 e. The van der Waals surface area contributed by atoms with Crippen LogP contribution in [0.25, 0.3) is 22.4 Å². The molecular formula is C24H20ClFN6O2. The van der Waals surface area contributed by atoms with Crippen LogP contribution < -0.4 is 16.4 Å². The molecule has 0 atom stereocenters. The predicted octanol–water partition coefficient (Wildman–Crippen LogP) is 5.17. The van der Waals surface area contributed by atoms with Gasteiger partial charge in [0.25, 0.3) is 5.91 Å². The van der Waals surface area contributed by atoms with Crippen LogP contribution in [0.4, 0.5) is 20.6 Å². The standard InChI is InChI=1S/C24H20ClFN6O2/c1-2-32-13-19(22(31-32)14-9-10-28-21(11-14)23(27)33)18-12-17(7-8-20(18)26)30-24(34)29-16-5-3-15(25)4-6-16/h3-13H,2H2,1H3,(H2,27,33)(H2,29,30,34). The van der Waals surface area contributed by atoms with Crippen molar-refractivity contribution in [2.45, 2.75) is 13.5 Å². The third-order valence-corrected chi connectivity index (χ3v) is 5.24. The van der Waals surface area contributed by atoms with Gasteiger partial charge in [0.1, 0.15) is 17.2 Å². The molecule has 0 aliphatic heterocycles. The maximum atomic E-state index is 14.9. The van der Waals surface area contributed by atoms with Crippen molar-refractivity contribution in [3.05, 3.63) is 83.5 Å². The molecule has 2 aromatic heterocycles. The summed E-state index contributed by atoms with van der Waals surface area (Å²) in [6.45, 7) is 2.45. The van der Waals surface area contributed by atoms with E-state index in [4.69, 9.17) is 17.3 Å². The molecule has 0 radical (unpaired) electrons. The minimum atomic E-state index is -0.678. The van der Waals surface area contributed by atoms with Crippen molar-refractivity contribution in [1.82, 2.24) is 14.8 Å². The van der Waals surface area contributed by atoms with E-state index in [0.29, 0.717) is 39.8 Å². The molecule has 3 amide bonds. The molecular weight excluding hydrogens is 459 g/mol. The number of carbonyl (C=O) groups excluding carboxylic acids is 2. The van der Waals surface area contributed by atoms with Crippen LogP contribution in [-0.2, 0) is 6.54 Å². The SMILES string of the molecule is CCn1cc(-c2cc(NC(=O)Nc3ccc(Cl)cc3)ccc2F)c(-c2ccnc(C(N)=O)c2)n1. The zero-order valence-corrected chi connectivity index (χ0v) is 18.8. The second kappa shape index (κ2) is 9.72. The Hall–Kier alpha value is -4.24. The van der Waals surface area contributed by atoms with E-state index in [1.807, 2.05) is 6.92 Å². The van der Waals surface area contributed by atoms with Crippen molar-refractivity contribution in [3.8, 4) is 22.4 Å². The highest BCUT2D eigenvalue weighted by Crippen LogP contribution is 2.34. The number of nitrogens with zero attached hydrogens (tertiary/aromatic N) is 3. The van der Waals surface area contributed by atoms with Gasteiger partial charge in [0.2, 0.25) is 0 Å². The Balaban J connectivity index is 1.67. The first kappa shape index (κ1) is 22.9. The molecule has 0 bridgehead atoms. The first-order chi connectivity index (χ1) is 16.3. The van der Waals surface area contributed by atoms with Crippen molar-refractivity contribution in [3.63, 3.8) is 0 Å². The van der Waals surface area contributed by atoms with Crippen LogP contribution in [0.15, 0.2) is 67.0 Å². The number of halogens is 2. The molecule has 0 aliphatic rings. The van der Waals surface area contributed by atoms with Crippen molar-refractivity contribution < 1.29 is 14.0 Å². The second-order valence-corrected chi connectivity index (χ2v) is 7.76. The number of carbonyl (C=O) groups is 2. The molecule has 0 saturated carbocycles. The van der Waals surface area contributed by atoms with Crippen LogP contribution in [0.5, 0.6) is 0 Å². The smallest absolute Gasteiger partial charge is 0.323 e. The number of amides is 3. The quantitative estimate of drug-likeness (QED) is 0.354. The molecule has 0 spiro atoms. The molecule has 4 N–H and O–H groups in total. The number of aryl methyl sites for hydroxylation is 1. The highest BCUT2D eigenvalue weighted by molar-refractivity contribution is 6.30. The molecule has 4 rings (SSSR count). The highest BCUT2D eigenvalue weighted by atomic mass is 35.5. The van der Waals surface area contributed by atoms with Gasteiger partial charge in [-0.2, -0.15) is 5.10 Å². The van der Waals surface area contributed by atoms with Crippen LogP contribution in [-0.4, -0.2) is 26.7 Å². The van der Waals surface area contributed by atoms with Gasteiger partial charge in [-0.3, -0.25) is 14.5 Å². The first-order valence-corrected chi connectivity index (χ1v) is 10.7. The van der Waals surface area contributed by atoms with Gasteiger partial charge < -0.3 is 16.4 Å². The first-order valence-electron chi connectivity index (χ1n) is 10.3. The van der Waals surface area contributed by atoms with Crippen LogP contribution in [0.1, 0.15) is 17.4 Å². The van der Waals surface area contributed by atoms with Crippen LogP contribution in [0.3, 0.4) is 0 Å². The van der Waals surface area contributed by atoms with Gasteiger partial charge in [-0.05, 0) is 61.5 Å². The maximum absolute atomic E-state index is 14.9. The highest BCUT2D eigenvalue weighted by Gasteiger charge is 2.18. The van der Waals surface area contributed by atoms with E-state index in [-0.39, 0.29) is 11.3 Å². The summed E-state index contributed by atoms with van der Waals surface area (Å²) in [5.74, 6) is -1.17. The van der Waals surface area contributed by atoms with Gasteiger partial charge >= 0.3 is 6.03 Å². The lowest BCUT2D eigenvalue weighted by molar-refractivity contribution is 0.0995. The summed E-state index contributed by atoms with van der Waals surface area (Å²) in [6.07, 6.45) is 3.15. The fourth-order valence-corrected chi connectivity index (χ4v) is 3.47. The number of urea groups is 1. The van der Waals surface area contributed by atoms with E-state index < -0.39 is 17.8 Å². The van der Waals surface area contributed by atoms with E-state index in [1.54, 1.807) is 41.2 Å². The van der Waals surface area contributed by atoms with Gasteiger partial charge in [0.05, 0.1) is 0 Å². The van der Waals surface area contributed by atoms with Gasteiger partial charge in [-0.15, -0.1) is 0 Å². The molecule has 2 heterocycles. The van der Waals surface area contributed by atoms with Gasteiger partial charge in [-0.25, -0.2) is 9.18 Å². The molecule has 0 unspecified atom stereocenters. The average molecular weight is 479 g/mol. The summed E-state index contributed by atoms with van der Waals surface area (Å²) in [4.78, 5) is 27.9. The van der Waals surface area contributed by atoms with E-state index in [9.17, 15) is 14.0 Å². The Kier molecular flexibility index (Phi) is 6.55. The zero-order valence-electron chi connectivity index (χ0n) is 18.0. The Morgan fingerprint density at radius 3 is 2.44 bits per heavy atom. The Morgan fingerprint density at radius 2 is 1.74 bits per heavy atom. The molecule has 0 aliphatic carbocycles. The molecule has 8 nitrogen and oxygen atoms in total. The lowest BCUT2D eigenvalue weighted by Gasteiger charge is -2.10. The number of benzene rings is 2. The van der Waals surface area contributed by atoms with Gasteiger partial charge in [0, 0.05) is 52.0 Å². The molecule has 172 valence electrons. The third kappa shape index (κ3) is 5.05. The monoisotopic (exact) mass is 478 g/mol. The molecule has 34 heavy (non-hydrogen) atoms. The Morgan fingerprint density at radius 1 is 1.03 bits per heavy atom. The van der Waals surface area contributed by atoms with Gasteiger partial charge in [0.15, 0.2) is 0 Å². The predicted molar refractivity (Wildman–Crippen MR) is 129 cm³/mol. The molecule has 2 aromatic carbocycles. The number of rotatable bonds is 6. The number of aromatic nitrogens is 3. The lowest BCUT2D eigenvalue weighted by atomic mass is 10.0. The number of nitrogens with one attached hydrogen (secondary N) is 2.